The van der Waals surface area contributed by atoms with Crippen molar-refractivity contribution in [3.63, 3.8) is 0 Å². The van der Waals surface area contributed by atoms with Crippen LogP contribution in [0.25, 0.3) is 11.1 Å². The zero-order chi connectivity index (χ0) is 32.4. The summed E-state index contributed by atoms with van der Waals surface area (Å²) in [5, 5.41) is 18.7. The first-order chi connectivity index (χ1) is 21.6. The third-order valence-corrected chi connectivity index (χ3v) is 8.63. The fraction of sp³-hybridized carbons (Fsp3) is 0.444. The Hall–Kier alpha value is -3.79. The van der Waals surface area contributed by atoms with Gasteiger partial charge >= 0.3 is 6.09 Å². The number of rotatable bonds is 13. The quantitative estimate of drug-likeness (QED) is 0.224. The lowest BCUT2D eigenvalue weighted by Gasteiger charge is -2.43. The standard InChI is InChI=1S/C36H47FN4O4/c1-26-9-5-10-29(23-26)33-31(12-6-13-32(33)37)36(44,18-8-19-39-35(43)45-4)30-11-7-21-41(25-30)34(42)28-16-14-27(15-17-28)24-38-20-22-40(2)3/h5-6,9-10,12-17,23,30,38,44H,7-8,11,18-22,24-25H2,1-4H3,(H,39,43)/t30-,36+/m1/s1. The summed E-state index contributed by atoms with van der Waals surface area (Å²) >= 11 is 0. The first kappa shape index (κ1) is 34.1. The van der Waals surface area contributed by atoms with E-state index in [1.165, 1.54) is 13.2 Å². The van der Waals surface area contributed by atoms with E-state index in [-0.39, 0.29) is 24.8 Å². The largest absolute Gasteiger partial charge is 0.453 e. The molecule has 0 radical (unpaired) electrons. The van der Waals surface area contributed by atoms with Gasteiger partial charge in [-0.2, -0.15) is 0 Å². The van der Waals surface area contributed by atoms with Gasteiger partial charge in [0.05, 0.1) is 12.7 Å². The normalized spacial score (nSPS) is 16.3. The summed E-state index contributed by atoms with van der Waals surface area (Å²) < 4.78 is 20.3. The molecule has 1 aliphatic rings. The number of likely N-dealkylation sites (N-methyl/N-ethyl adjacent to an activating group) is 1. The second-order valence-electron chi connectivity index (χ2n) is 12.2. The second kappa shape index (κ2) is 16.0. The number of aryl methyl sites for hydroxylation is 1. The van der Waals surface area contributed by atoms with Crippen LogP contribution in [0.3, 0.4) is 0 Å². The molecule has 45 heavy (non-hydrogen) atoms. The molecule has 2 amide bonds. The second-order valence-corrected chi connectivity index (χ2v) is 12.2. The number of hydrogen-bond donors (Lipinski definition) is 3. The number of alkyl carbamates (subject to hydrolysis) is 1. The SMILES string of the molecule is COC(=O)NCCC[C@@](O)(c1cccc(F)c1-c1cccc(C)c1)[C@@H]1CCCN(C(=O)c2ccc(CNCCN(C)C)cc2)C1. The molecule has 0 saturated carbocycles. The highest BCUT2D eigenvalue weighted by atomic mass is 19.1. The van der Waals surface area contributed by atoms with Crippen molar-refractivity contribution >= 4 is 12.0 Å². The van der Waals surface area contributed by atoms with Gasteiger partial charge in [0, 0.05) is 56.3 Å². The van der Waals surface area contributed by atoms with Crippen LogP contribution in [0, 0.1) is 18.7 Å². The number of nitrogens with one attached hydrogen (secondary N) is 2. The minimum absolute atomic E-state index is 0.0836. The molecule has 3 aromatic carbocycles. The number of methoxy groups -OCH3 is 1. The van der Waals surface area contributed by atoms with Gasteiger partial charge < -0.3 is 30.3 Å². The summed E-state index contributed by atoms with van der Waals surface area (Å²) in [7, 11) is 5.38. The molecule has 1 saturated heterocycles. The zero-order valence-electron chi connectivity index (χ0n) is 26.9. The van der Waals surface area contributed by atoms with Crippen molar-refractivity contribution in [3.05, 3.63) is 94.8 Å². The summed E-state index contributed by atoms with van der Waals surface area (Å²) in [6.45, 7) is 5.70. The lowest BCUT2D eigenvalue weighted by atomic mass is 9.72. The number of amides is 2. The molecular weight excluding hydrogens is 571 g/mol. The number of piperidine rings is 1. The molecule has 3 aromatic rings. The van der Waals surface area contributed by atoms with Crippen molar-refractivity contribution in [2.45, 2.75) is 44.8 Å². The molecule has 0 unspecified atom stereocenters. The fourth-order valence-electron chi connectivity index (χ4n) is 6.19. The number of carbonyl (C=O) groups excluding carboxylic acids is 2. The summed E-state index contributed by atoms with van der Waals surface area (Å²) in [6.07, 6.45) is 1.54. The molecule has 1 heterocycles. The Morgan fingerprint density at radius 3 is 2.56 bits per heavy atom. The highest BCUT2D eigenvalue weighted by molar-refractivity contribution is 5.94. The number of aliphatic hydroxyl groups is 1. The van der Waals surface area contributed by atoms with Crippen LogP contribution >= 0.6 is 0 Å². The Bertz CT molecular complexity index is 1430. The van der Waals surface area contributed by atoms with Crippen LogP contribution in [-0.4, -0.2) is 80.8 Å². The third kappa shape index (κ3) is 8.90. The summed E-state index contributed by atoms with van der Waals surface area (Å²) in [5.41, 5.74) is 2.78. The first-order valence-electron chi connectivity index (χ1n) is 15.8. The molecule has 0 aliphatic carbocycles. The van der Waals surface area contributed by atoms with Crippen molar-refractivity contribution in [1.82, 2.24) is 20.4 Å². The van der Waals surface area contributed by atoms with Gasteiger partial charge in [-0.3, -0.25) is 4.79 Å². The van der Waals surface area contributed by atoms with Crippen LogP contribution in [0.1, 0.15) is 52.7 Å². The lowest BCUT2D eigenvalue weighted by molar-refractivity contribution is -0.0564. The number of halogens is 1. The van der Waals surface area contributed by atoms with Crippen molar-refractivity contribution in [3.8, 4) is 11.1 Å². The van der Waals surface area contributed by atoms with Crippen LogP contribution in [0.5, 0.6) is 0 Å². The average Bonchev–Trinajstić information content (AvgIpc) is 3.04. The van der Waals surface area contributed by atoms with E-state index in [1.807, 2.05) is 74.4 Å². The van der Waals surface area contributed by atoms with Gasteiger partial charge in [0.25, 0.3) is 5.91 Å². The molecule has 9 heteroatoms. The average molecular weight is 619 g/mol. The van der Waals surface area contributed by atoms with E-state index < -0.39 is 17.5 Å². The molecule has 1 fully saturated rings. The highest BCUT2D eigenvalue weighted by Crippen LogP contribution is 2.44. The smallest absolute Gasteiger partial charge is 0.406 e. The molecule has 0 bridgehead atoms. The Kier molecular flexibility index (Phi) is 12.1. The van der Waals surface area contributed by atoms with Crippen LogP contribution < -0.4 is 10.6 Å². The first-order valence-corrected chi connectivity index (χ1v) is 15.8. The Labute approximate surface area is 266 Å². The van der Waals surface area contributed by atoms with Crippen molar-refractivity contribution < 1.29 is 23.8 Å². The van der Waals surface area contributed by atoms with E-state index in [0.717, 1.165) is 30.8 Å². The maximum Gasteiger partial charge on any atom is 0.406 e. The van der Waals surface area contributed by atoms with Gasteiger partial charge in [-0.25, -0.2) is 9.18 Å². The number of benzene rings is 3. The van der Waals surface area contributed by atoms with Crippen LogP contribution in [0.4, 0.5) is 9.18 Å². The monoisotopic (exact) mass is 618 g/mol. The molecule has 0 aromatic heterocycles. The number of nitrogens with zero attached hydrogens (tertiary/aromatic N) is 2. The maximum absolute atomic E-state index is 15.6. The van der Waals surface area contributed by atoms with Gasteiger partial charge in [-0.1, -0.05) is 54.1 Å². The molecule has 8 nitrogen and oxygen atoms in total. The molecule has 0 spiro atoms. The Morgan fingerprint density at radius 2 is 1.84 bits per heavy atom. The predicted octanol–water partition coefficient (Wildman–Crippen LogP) is 5.33. The zero-order valence-corrected chi connectivity index (χ0v) is 26.9. The van der Waals surface area contributed by atoms with E-state index >= 15 is 4.39 Å². The molecule has 2 atom stereocenters. The number of likely N-dealkylation sites (tertiary alicyclic amines) is 1. The van der Waals surface area contributed by atoms with E-state index in [2.05, 4.69) is 15.5 Å². The number of carbonyl (C=O) groups is 2. The van der Waals surface area contributed by atoms with E-state index in [0.29, 0.717) is 54.6 Å². The van der Waals surface area contributed by atoms with E-state index in [1.54, 1.807) is 12.1 Å². The van der Waals surface area contributed by atoms with Crippen molar-refractivity contribution in [1.29, 1.82) is 0 Å². The van der Waals surface area contributed by atoms with Crippen LogP contribution in [0.15, 0.2) is 66.7 Å². The van der Waals surface area contributed by atoms with Gasteiger partial charge in [0.2, 0.25) is 0 Å². The molecule has 242 valence electrons. The Morgan fingerprint density at radius 1 is 1.09 bits per heavy atom. The fourth-order valence-corrected chi connectivity index (χ4v) is 6.19. The topological polar surface area (TPSA) is 94.1 Å². The molecule has 4 rings (SSSR count). The number of ether oxygens (including phenoxy) is 1. The van der Waals surface area contributed by atoms with Crippen molar-refractivity contribution in [2.24, 2.45) is 5.92 Å². The minimum atomic E-state index is -1.46. The minimum Gasteiger partial charge on any atom is -0.453 e. The van der Waals surface area contributed by atoms with Gasteiger partial charge in [0.1, 0.15) is 5.82 Å². The maximum atomic E-state index is 15.6. The molecule has 1 aliphatic heterocycles. The van der Waals surface area contributed by atoms with Gasteiger partial charge in [0.15, 0.2) is 0 Å². The van der Waals surface area contributed by atoms with Gasteiger partial charge in [-0.05, 0) is 81.6 Å². The van der Waals surface area contributed by atoms with Crippen LogP contribution in [0.2, 0.25) is 0 Å². The van der Waals surface area contributed by atoms with E-state index in [9.17, 15) is 14.7 Å². The van der Waals surface area contributed by atoms with Gasteiger partial charge in [-0.15, -0.1) is 0 Å². The lowest BCUT2D eigenvalue weighted by Crippen LogP contribution is -2.48. The predicted molar refractivity (Wildman–Crippen MR) is 175 cm³/mol. The summed E-state index contributed by atoms with van der Waals surface area (Å²) in [6, 6.07) is 20.1. The molecule has 3 N–H and O–H groups in total. The Balaban J connectivity index is 1.58. The summed E-state index contributed by atoms with van der Waals surface area (Å²) in [4.78, 5) is 29.3. The number of hydrogen-bond acceptors (Lipinski definition) is 6. The van der Waals surface area contributed by atoms with Crippen LogP contribution in [-0.2, 0) is 16.9 Å². The highest BCUT2D eigenvalue weighted by Gasteiger charge is 2.43. The van der Waals surface area contributed by atoms with E-state index in [4.69, 9.17) is 4.74 Å². The van der Waals surface area contributed by atoms with Crippen molar-refractivity contribution in [2.75, 3.05) is 53.9 Å². The molecular formula is C36H47FN4O4. The third-order valence-electron chi connectivity index (χ3n) is 8.63. The summed E-state index contributed by atoms with van der Waals surface area (Å²) in [5.74, 6) is -0.845.